The summed E-state index contributed by atoms with van der Waals surface area (Å²) in [6.07, 6.45) is 0. The van der Waals surface area contributed by atoms with Crippen LogP contribution in [0, 0.1) is 11.6 Å². The Labute approximate surface area is 128 Å². The monoisotopic (exact) mass is 304 g/mol. The summed E-state index contributed by atoms with van der Waals surface area (Å²) in [5, 5.41) is 2.63. The number of nitrogens with one attached hydrogen (secondary N) is 1. The molecule has 0 radical (unpaired) electrons. The van der Waals surface area contributed by atoms with E-state index in [-0.39, 0.29) is 11.6 Å². The Morgan fingerprint density at radius 3 is 2.55 bits per heavy atom. The zero-order valence-corrected chi connectivity index (χ0v) is 12.5. The second-order valence-electron chi connectivity index (χ2n) is 5.13. The third kappa shape index (κ3) is 3.81. The van der Waals surface area contributed by atoms with Crippen LogP contribution in [0.1, 0.15) is 17.3 Å². The Bertz CT molecular complexity index is 646. The van der Waals surface area contributed by atoms with Crippen molar-refractivity contribution in [1.29, 1.82) is 0 Å². The number of hydrogen-bond donors (Lipinski definition) is 1. The number of benzene rings is 2. The van der Waals surface area contributed by atoms with E-state index in [4.69, 9.17) is 0 Å². The van der Waals surface area contributed by atoms with Crippen LogP contribution in [0.5, 0.6) is 0 Å². The van der Waals surface area contributed by atoms with Gasteiger partial charge in [0.2, 0.25) is 0 Å². The van der Waals surface area contributed by atoms with E-state index in [1.54, 1.807) is 0 Å². The SMILES string of the molecule is C[C@@H](CNC(=O)c1cc(F)ccc1F)N(C)c1ccccc1. The molecular formula is C17H18F2N2O. The highest BCUT2D eigenvalue weighted by molar-refractivity contribution is 5.94. The summed E-state index contributed by atoms with van der Waals surface area (Å²) in [4.78, 5) is 13.9. The molecule has 5 heteroatoms. The normalized spacial score (nSPS) is 11.8. The summed E-state index contributed by atoms with van der Waals surface area (Å²) in [6, 6.07) is 12.5. The average Bonchev–Trinajstić information content (AvgIpc) is 2.54. The molecule has 1 N–H and O–H groups in total. The van der Waals surface area contributed by atoms with Crippen molar-refractivity contribution in [3.05, 3.63) is 65.7 Å². The fourth-order valence-electron chi connectivity index (χ4n) is 2.06. The number of likely N-dealkylation sites (N-methyl/N-ethyl adjacent to an activating group) is 1. The average molecular weight is 304 g/mol. The first-order valence-electron chi connectivity index (χ1n) is 7.00. The van der Waals surface area contributed by atoms with E-state index in [9.17, 15) is 13.6 Å². The lowest BCUT2D eigenvalue weighted by Gasteiger charge is -2.27. The van der Waals surface area contributed by atoms with Crippen molar-refractivity contribution in [1.82, 2.24) is 5.32 Å². The molecule has 0 fully saturated rings. The number of rotatable bonds is 5. The minimum Gasteiger partial charge on any atom is -0.370 e. The van der Waals surface area contributed by atoms with Crippen molar-refractivity contribution in [2.75, 3.05) is 18.5 Å². The molecule has 0 aliphatic carbocycles. The topological polar surface area (TPSA) is 32.3 Å². The Hall–Kier alpha value is -2.43. The molecule has 0 saturated carbocycles. The molecule has 0 aliphatic rings. The molecule has 0 unspecified atom stereocenters. The maximum Gasteiger partial charge on any atom is 0.254 e. The van der Waals surface area contributed by atoms with E-state index in [1.165, 1.54) is 0 Å². The smallest absolute Gasteiger partial charge is 0.254 e. The molecule has 1 atom stereocenters. The predicted octanol–water partition coefficient (Wildman–Crippen LogP) is 3.22. The Kier molecular flexibility index (Phi) is 5.09. The number of amides is 1. The maximum absolute atomic E-state index is 13.5. The molecule has 22 heavy (non-hydrogen) atoms. The minimum absolute atomic E-state index is 0.00275. The van der Waals surface area contributed by atoms with Crippen LogP contribution in [0.3, 0.4) is 0 Å². The van der Waals surface area contributed by atoms with Gasteiger partial charge in [0, 0.05) is 25.3 Å². The molecule has 2 rings (SSSR count). The summed E-state index contributed by atoms with van der Waals surface area (Å²) in [5.74, 6) is -1.99. The lowest BCUT2D eigenvalue weighted by atomic mass is 10.2. The van der Waals surface area contributed by atoms with Crippen molar-refractivity contribution in [3.63, 3.8) is 0 Å². The van der Waals surface area contributed by atoms with Crippen LogP contribution >= 0.6 is 0 Å². The van der Waals surface area contributed by atoms with Crippen LogP contribution in [-0.4, -0.2) is 25.5 Å². The first-order valence-corrected chi connectivity index (χ1v) is 7.00. The largest absolute Gasteiger partial charge is 0.370 e. The lowest BCUT2D eigenvalue weighted by molar-refractivity contribution is 0.0947. The van der Waals surface area contributed by atoms with E-state index in [2.05, 4.69) is 5.32 Å². The van der Waals surface area contributed by atoms with Crippen LogP contribution in [0.15, 0.2) is 48.5 Å². The number of halogens is 2. The van der Waals surface area contributed by atoms with Crippen LogP contribution in [-0.2, 0) is 0 Å². The molecule has 1 amide bonds. The van der Waals surface area contributed by atoms with Gasteiger partial charge in [-0.2, -0.15) is 0 Å². The lowest BCUT2D eigenvalue weighted by Crippen LogP contribution is -2.40. The highest BCUT2D eigenvalue weighted by atomic mass is 19.1. The number of hydrogen-bond acceptors (Lipinski definition) is 2. The number of para-hydroxylation sites is 1. The van der Waals surface area contributed by atoms with Gasteiger partial charge < -0.3 is 10.2 Å². The molecule has 0 heterocycles. The molecule has 0 aromatic heterocycles. The molecular weight excluding hydrogens is 286 g/mol. The minimum atomic E-state index is -0.733. The zero-order valence-electron chi connectivity index (χ0n) is 12.5. The van der Waals surface area contributed by atoms with Gasteiger partial charge in [0.15, 0.2) is 0 Å². The van der Waals surface area contributed by atoms with Gasteiger partial charge in [-0.15, -0.1) is 0 Å². The fourth-order valence-corrected chi connectivity index (χ4v) is 2.06. The molecule has 3 nitrogen and oxygen atoms in total. The summed E-state index contributed by atoms with van der Waals surface area (Å²) in [5.41, 5.74) is 0.732. The Balaban J connectivity index is 1.97. The van der Waals surface area contributed by atoms with E-state index in [1.807, 2.05) is 49.2 Å². The number of carbonyl (C=O) groups is 1. The van der Waals surface area contributed by atoms with Gasteiger partial charge in [-0.1, -0.05) is 18.2 Å². The molecule has 0 aliphatic heterocycles. The van der Waals surface area contributed by atoms with E-state index in [0.29, 0.717) is 6.54 Å². The zero-order chi connectivity index (χ0) is 16.1. The Morgan fingerprint density at radius 2 is 1.86 bits per heavy atom. The quantitative estimate of drug-likeness (QED) is 0.920. The van der Waals surface area contributed by atoms with Crippen molar-refractivity contribution < 1.29 is 13.6 Å². The molecule has 2 aromatic carbocycles. The first kappa shape index (κ1) is 15.9. The van der Waals surface area contributed by atoms with Crippen molar-refractivity contribution >= 4 is 11.6 Å². The number of carbonyl (C=O) groups excluding carboxylic acids is 1. The molecule has 0 saturated heterocycles. The van der Waals surface area contributed by atoms with Gasteiger partial charge in [0.25, 0.3) is 5.91 Å². The van der Waals surface area contributed by atoms with Crippen LogP contribution in [0.25, 0.3) is 0 Å². The third-order valence-electron chi connectivity index (χ3n) is 3.56. The van der Waals surface area contributed by atoms with Crippen molar-refractivity contribution in [3.8, 4) is 0 Å². The highest BCUT2D eigenvalue weighted by Gasteiger charge is 2.15. The standard InChI is InChI=1S/C17H18F2N2O/c1-12(21(2)14-6-4-3-5-7-14)11-20-17(22)15-10-13(18)8-9-16(15)19/h3-10,12H,11H2,1-2H3,(H,20,22)/t12-/m0/s1. The van der Waals surface area contributed by atoms with Gasteiger partial charge in [-0.25, -0.2) is 8.78 Å². The summed E-state index contributed by atoms with van der Waals surface area (Å²) < 4.78 is 26.6. The second-order valence-corrected chi connectivity index (χ2v) is 5.13. The van der Waals surface area contributed by atoms with E-state index >= 15 is 0 Å². The van der Waals surface area contributed by atoms with Gasteiger partial charge in [0.1, 0.15) is 11.6 Å². The van der Waals surface area contributed by atoms with Crippen molar-refractivity contribution in [2.24, 2.45) is 0 Å². The number of nitrogens with zero attached hydrogens (tertiary/aromatic N) is 1. The first-order chi connectivity index (χ1) is 10.5. The Morgan fingerprint density at radius 1 is 1.18 bits per heavy atom. The van der Waals surface area contributed by atoms with E-state index < -0.39 is 17.5 Å². The van der Waals surface area contributed by atoms with Gasteiger partial charge in [-0.3, -0.25) is 4.79 Å². The summed E-state index contributed by atoms with van der Waals surface area (Å²) >= 11 is 0. The molecule has 2 aromatic rings. The van der Waals surface area contributed by atoms with Gasteiger partial charge >= 0.3 is 0 Å². The molecule has 116 valence electrons. The molecule has 0 bridgehead atoms. The second kappa shape index (κ2) is 7.02. The van der Waals surface area contributed by atoms with Crippen molar-refractivity contribution in [2.45, 2.75) is 13.0 Å². The molecule has 0 spiro atoms. The third-order valence-corrected chi connectivity index (χ3v) is 3.56. The maximum atomic E-state index is 13.5. The fraction of sp³-hybridized carbons (Fsp3) is 0.235. The van der Waals surface area contributed by atoms with Crippen LogP contribution in [0.4, 0.5) is 14.5 Å². The summed E-state index contributed by atoms with van der Waals surface area (Å²) in [7, 11) is 1.91. The summed E-state index contributed by atoms with van der Waals surface area (Å²) in [6.45, 7) is 2.26. The highest BCUT2D eigenvalue weighted by Crippen LogP contribution is 2.14. The van der Waals surface area contributed by atoms with E-state index in [0.717, 1.165) is 23.9 Å². The van der Waals surface area contributed by atoms with Crippen LogP contribution in [0.2, 0.25) is 0 Å². The number of anilines is 1. The van der Waals surface area contributed by atoms with Crippen LogP contribution < -0.4 is 10.2 Å². The predicted molar refractivity (Wildman–Crippen MR) is 83.0 cm³/mol. The van der Waals surface area contributed by atoms with Gasteiger partial charge in [-0.05, 0) is 37.3 Å². The van der Waals surface area contributed by atoms with Gasteiger partial charge in [0.05, 0.1) is 5.56 Å².